The van der Waals surface area contributed by atoms with Crippen LogP contribution < -0.4 is 5.32 Å². The van der Waals surface area contributed by atoms with Gasteiger partial charge in [0.15, 0.2) is 0 Å². The highest BCUT2D eigenvalue weighted by Gasteiger charge is 2.35. The van der Waals surface area contributed by atoms with Gasteiger partial charge < -0.3 is 5.11 Å². The maximum Gasteiger partial charge on any atom is 0.344 e. The number of amides is 2. The summed E-state index contributed by atoms with van der Waals surface area (Å²) in [5.74, 6) is 0.705. The van der Waals surface area contributed by atoms with E-state index in [9.17, 15) is 9.90 Å². The second kappa shape index (κ2) is 9.89. The van der Waals surface area contributed by atoms with Gasteiger partial charge in [0.25, 0.3) is 0 Å². The van der Waals surface area contributed by atoms with Gasteiger partial charge >= 0.3 is 6.03 Å². The van der Waals surface area contributed by atoms with E-state index in [4.69, 9.17) is 5.10 Å². The fourth-order valence-corrected chi connectivity index (χ4v) is 4.34. The number of nitrogens with one attached hydrogen (secondary N) is 1. The number of hydrazone groups is 1. The lowest BCUT2D eigenvalue weighted by molar-refractivity contribution is 0.199. The first-order valence-electron chi connectivity index (χ1n) is 12.3. The van der Waals surface area contributed by atoms with Crippen molar-refractivity contribution < 1.29 is 9.90 Å². The van der Waals surface area contributed by atoms with Crippen molar-refractivity contribution in [1.82, 2.24) is 19.8 Å². The summed E-state index contributed by atoms with van der Waals surface area (Å²) in [6.45, 7) is 6.78. The fraction of sp³-hybridized carbons (Fsp3) is 0.241. The van der Waals surface area contributed by atoms with E-state index < -0.39 is 12.1 Å². The second-order valence-electron chi connectivity index (χ2n) is 10.1. The summed E-state index contributed by atoms with van der Waals surface area (Å²) in [5, 5.41) is 24.5. The number of carbonyl (C=O) groups is 1. The molecule has 1 aliphatic rings. The third-order valence-corrected chi connectivity index (χ3v) is 6.37. The molecule has 0 saturated heterocycles. The van der Waals surface area contributed by atoms with Crippen LogP contribution in [0.3, 0.4) is 0 Å². The van der Waals surface area contributed by atoms with Crippen molar-refractivity contribution in [1.29, 1.82) is 0 Å². The van der Waals surface area contributed by atoms with Crippen LogP contribution in [0, 0.1) is 0 Å². The van der Waals surface area contributed by atoms with Gasteiger partial charge in [-0.25, -0.2) is 14.5 Å². The Bertz CT molecular complexity index is 1420. The average molecular weight is 495 g/mol. The lowest BCUT2D eigenvalue weighted by Crippen LogP contribution is -2.32. The third kappa shape index (κ3) is 5.23. The molecule has 188 valence electrons. The first-order valence-corrected chi connectivity index (χ1v) is 12.3. The summed E-state index contributed by atoms with van der Waals surface area (Å²) in [6, 6.07) is 21.8. The molecule has 0 radical (unpaired) electrons. The molecule has 2 amide bonds. The van der Waals surface area contributed by atoms with Gasteiger partial charge in [-0.05, 0) is 17.7 Å². The number of rotatable bonds is 5. The highest BCUT2D eigenvalue weighted by molar-refractivity contribution is 6.03. The Morgan fingerprint density at radius 3 is 2.51 bits per heavy atom. The summed E-state index contributed by atoms with van der Waals surface area (Å²) in [5.41, 5.74) is 3.95. The molecule has 8 nitrogen and oxygen atoms in total. The zero-order valence-corrected chi connectivity index (χ0v) is 21.2. The van der Waals surface area contributed by atoms with Gasteiger partial charge in [-0.2, -0.15) is 10.2 Å². The highest BCUT2D eigenvalue weighted by atomic mass is 16.3. The van der Waals surface area contributed by atoms with Crippen molar-refractivity contribution in [2.24, 2.45) is 5.10 Å². The summed E-state index contributed by atoms with van der Waals surface area (Å²) in [7, 11) is 0. The van der Waals surface area contributed by atoms with Crippen LogP contribution in [0.4, 0.5) is 10.6 Å². The summed E-state index contributed by atoms with van der Waals surface area (Å²) in [6.07, 6.45) is 3.88. The number of carbonyl (C=O) groups excluding carboxylic acids is 1. The lowest BCUT2D eigenvalue weighted by atomic mass is 9.92. The molecule has 5 rings (SSSR count). The normalized spacial score (nSPS) is 15.5. The number of aromatic hydroxyl groups is 1. The molecule has 1 unspecified atom stereocenters. The van der Waals surface area contributed by atoms with Crippen LogP contribution in [0.2, 0.25) is 0 Å². The van der Waals surface area contributed by atoms with Gasteiger partial charge in [-0.3, -0.25) is 10.3 Å². The minimum atomic E-state index is -0.469. The Morgan fingerprint density at radius 2 is 1.81 bits per heavy atom. The molecule has 0 bridgehead atoms. The number of hydrogen-bond donors (Lipinski definition) is 2. The number of anilines is 1. The van der Waals surface area contributed by atoms with Crippen molar-refractivity contribution in [2.45, 2.75) is 45.2 Å². The number of nitrogens with zero attached hydrogens (tertiary/aromatic N) is 5. The predicted octanol–water partition coefficient (Wildman–Crippen LogP) is 5.71. The van der Waals surface area contributed by atoms with Gasteiger partial charge in [-0.1, -0.05) is 75.4 Å². The summed E-state index contributed by atoms with van der Waals surface area (Å²) < 4.78 is 1.81. The van der Waals surface area contributed by atoms with Crippen molar-refractivity contribution in [3.8, 4) is 5.75 Å². The Hall–Kier alpha value is -4.46. The monoisotopic (exact) mass is 494 g/mol. The van der Waals surface area contributed by atoms with E-state index >= 15 is 0 Å². The zero-order chi connectivity index (χ0) is 26.0. The van der Waals surface area contributed by atoms with Gasteiger partial charge in [0.2, 0.25) is 0 Å². The van der Waals surface area contributed by atoms with E-state index in [0.29, 0.717) is 24.3 Å². The van der Waals surface area contributed by atoms with E-state index in [1.165, 1.54) is 5.01 Å². The second-order valence-corrected chi connectivity index (χ2v) is 10.1. The Kier molecular flexibility index (Phi) is 6.48. The molecule has 0 aliphatic carbocycles. The van der Waals surface area contributed by atoms with Crippen molar-refractivity contribution in [3.05, 3.63) is 108 Å². The van der Waals surface area contributed by atoms with Gasteiger partial charge in [-0.15, -0.1) is 0 Å². The number of hydrogen-bond acceptors (Lipinski definition) is 5. The topological polar surface area (TPSA) is 95.6 Å². The third-order valence-electron chi connectivity index (χ3n) is 6.37. The molecule has 2 aromatic heterocycles. The number of phenols is 1. The molecule has 1 atom stereocenters. The molecule has 3 heterocycles. The first-order chi connectivity index (χ1) is 17.8. The number of aromatic nitrogens is 3. The van der Waals surface area contributed by atoms with Crippen LogP contribution in [-0.4, -0.2) is 36.6 Å². The van der Waals surface area contributed by atoms with Crippen LogP contribution in [0.15, 0.2) is 90.3 Å². The van der Waals surface area contributed by atoms with E-state index in [1.54, 1.807) is 24.5 Å². The van der Waals surface area contributed by atoms with Crippen LogP contribution in [0.5, 0.6) is 5.75 Å². The van der Waals surface area contributed by atoms with E-state index in [0.717, 1.165) is 22.5 Å². The quantitative estimate of drug-likeness (QED) is 0.371. The zero-order valence-electron chi connectivity index (χ0n) is 21.2. The molecule has 8 heteroatoms. The van der Waals surface area contributed by atoms with Crippen molar-refractivity contribution >= 4 is 17.6 Å². The minimum Gasteiger partial charge on any atom is -0.508 e. The highest BCUT2D eigenvalue weighted by Crippen LogP contribution is 2.37. The molecule has 1 aliphatic heterocycles. The number of para-hydroxylation sites is 1. The number of benzene rings is 2. The summed E-state index contributed by atoms with van der Waals surface area (Å²) >= 11 is 0. The minimum absolute atomic E-state index is 0.122. The van der Waals surface area contributed by atoms with Gasteiger partial charge in [0, 0.05) is 41.4 Å². The average Bonchev–Trinajstić information content (AvgIpc) is 3.51. The molecule has 2 N–H and O–H groups in total. The molecule has 4 aromatic rings. The molecule has 37 heavy (non-hydrogen) atoms. The number of phenolic OH excluding ortho intramolecular Hbond substituents is 1. The van der Waals surface area contributed by atoms with E-state index in [1.807, 2.05) is 65.3 Å². The molecule has 0 spiro atoms. The number of pyridine rings is 1. The van der Waals surface area contributed by atoms with E-state index in [-0.39, 0.29) is 11.2 Å². The SMILES string of the molecule is CC(C)(C)c1cc(NC(=O)N2N=C(c3cccnc3)CC2c2ccccc2O)n(Cc2ccccc2)n1. The summed E-state index contributed by atoms with van der Waals surface area (Å²) in [4.78, 5) is 17.9. The number of urea groups is 1. The van der Waals surface area contributed by atoms with Gasteiger partial charge in [0.05, 0.1) is 24.0 Å². The van der Waals surface area contributed by atoms with Crippen LogP contribution in [0.25, 0.3) is 0 Å². The predicted molar refractivity (Wildman–Crippen MR) is 144 cm³/mol. The molecular weight excluding hydrogens is 464 g/mol. The maximum absolute atomic E-state index is 13.7. The molecule has 0 fully saturated rings. The first kappa shape index (κ1) is 24.2. The van der Waals surface area contributed by atoms with Crippen LogP contribution >= 0.6 is 0 Å². The van der Waals surface area contributed by atoms with Gasteiger partial charge in [0.1, 0.15) is 11.6 Å². The lowest BCUT2D eigenvalue weighted by Gasteiger charge is -2.23. The Morgan fingerprint density at radius 1 is 1.05 bits per heavy atom. The smallest absolute Gasteiger partial charge is 0.344 e. The molecular formula is C29H30N6O2. The Balaban J connectivity index is 1.49. The standard InChI is InChI=1S/C29H30N6O2/c1-29(2,3)26-17-27(34(33-26)19-20-10-5-4-6-11-20)31-28(37)35-24(22-13-7-8-14-25(22)36)16-23(32-35)21-12-9-15-30-18-21/h4-15,17-18,24,36H,16,19H2,1-3H3,(H,31,37). The van der Waals surface area contributed by atoms with Crippen LogP contribution in [0.1, 0.15) is 55.6 Å². The maximum atomic E-state index is 13.7. The fourth-order valence-electron chi connectivity index (χ4n) is 4.34. The van der Waals surface area contributed by atoms with E-state index in [2.05, 4.69) is 36.2 Å². The van der Waals surface area contributed by atoms with Crippen LogP contribution in [-0.2, 0) is 12.0 Å². The molecule has 0 saturated carbocycles. The van der Waals surface area contributed by atoms with Crippen molar-refractivity contribution in [3.63, 3.8) is 0 Å². The molecule has 2 aromatic carbocycles. The Labute approximate surface area is 216 Å². The van der Waals surface area contributed by atoms with Crippen molar-refractivity contribution in [2.75, 3.05) is 5.32 Å². The largest absolute Gasteiger partial charge is 0.508 e.